The molecule has 0 aliphatic carbocycles. The van der Waals surface area contributed by atoms with Gasteiger partial charge in [-0.15, -0.1) is 0 Å². The minimum Gasteiger partial charge on any atom is -0.370 e. The minimum absolute atomic E-state index is 0.296. The average molecular weight is 287 g/mol. The van der Waals surface area contributed by atoms with Crippen LogP contribution in [-0.4, -0.2) is 39.7 Å². The lowest BCUT2D eigenvalue weighted by Crippen LogP contribution is -2.45. The molecule has 0 N–H and O–H groups in total. The van der Waals surface area contributed by atoms with Gasteiger partial charge in [-0.3, -0.25) is 0 Å². The van der Waals surface area contributed by atoms with Crippen molar-refractivity contribution in [2.75, 3.05) is 25.1 Å². The van der Waals surface area contributed by atoms with Crippen LogP contribution >= 0.6 is 0 Å². The molecule has 3 rings (SSSR count). The van der Waals surface area contributed by atoms with Gasteiger partial charge in [-0.2, -0.15) is 0 Å². The van der Waals surface area contributed by atoms with Gasteiger partial charge in [0.25, 0.3) is 0 Å². The van der Waals surface area contributed by atoms with Crippen LogP contribution in [0.2, 0.25) is 0 Å². The minimum atomic E-state index is -0.296. The van der Waals surface area contributed by atoms with E-state index >= 15 is 0 Å². The van der Waals surface area contributed by atoms with Gasteiger partial charge in [0, 0.05) is 64.2 Å². The van der Waals surface area contributed by atoms with Gasteiger partial charge in [-0.25, -0.2) is 15.0 Å². The molecule has 21 heavy (non-hydrogen) atoms. The zero-order valence-electron chi connectivity index (χ0n) is 12.8. The van der Waals surface area contributed by atoms with Crippen LogP contribution in [0.15, 0.2) is 24.9 Å². The largest absolute Gasteiger partial charge is 0.370 e. The molecule has 0 aromatic carbocycles. The summed E-state index contributed by atoms with van der Waals surface area (Å²) in [7, 11) is 3.80. The van der Waals surface area contributed by atoms with Crippen LogP contribution in [0.1, 0.15) is 24.2 Å². The number of imidazole rings is 1. The molecule has 112 valence electrons. The Morgan fingerprint density at radius 3 is 2.57 bits per heavy atom. The molecule has 0 radical (unpaired) electrons. The molecule has 1 saturated heterocycles. The molecule has 0 amide bonds. The van der Waals surface area contributed by atoms with E-state index < -0.39 is 0 Å². The number of hydrogen-bond acceptors (Lipinski definition) is 5. The Balaban J connectivity index is 1.81. The molecule has 1 aliphatic rings. The van der Waals surface area contributed by atoms with Crippen LogP contribution < -0.4 is 4.90 Å². The normalized spacial score (nSPS) is 18.0. The summed E-state index contributed by atoms with van der Waals surface area (Å²) in [6.45, 7) is 3.85. The summed E-state index contributed by atoms with van der Waals surface area (Å²) >= 11 is 0. The molecule has 3 heterocycles. The summed E-state index contributed by atoms with van der Waals surface area (Å²) in [5.74, 6) is 2.03. The smallest absolute Gasteiger partial charge is 0.140 e. The molecule has 0 bridgehead atoms. The topological polar surface area (TPSA) is 56.1 Å². The van der Waals surface area contributed by atoms with E-state index in [1.54, 1.807) is 13.4 Å². The monoisotopic (exact) mass is 287 g/mol. The van der Waals surface area contributed by atoms with Crippen LogP contribution in [0.5, 0.6) is 0 Å². The molecule has 0 unspecified atom stereocenters. The van der Waals surface area contributed by atoms with Crippen LogP contribution in [0.3, 0.4) is 0 Å². The molecule has 2 aromatic rings. The van der Waals surface area contributed by atoms with Crippen molar-refractivity contribution >= 4 is 5.82 Å². The Kier molecular flexibility index (Phi) is 3.63. The van der Waals surface area contributed by atoms with Crippen LogP contribution in [0.4, 0.5) is 5.82 Å². The van der Waals surface area contributed by atoms with Crippen molar-refractivity contribution in [3.63, 3.8) is 0 Å². The van der Waals surface area contributed by atoms with Crippen molar-refractivity contribution in [1.82, 2.24) is 19.5 Å². The SMILES string of the molecule is COC1(c2nccn2C)CCN(c2ncncc2C)CC1. The maximum atomic E-state index is 5.88. The van der Waals surface area contributed by atoms with E-state index in [1.807, 2.05) is 32.6 Å². The Morgan fingerprint density at radius 1 is 1.24 bits per heavy atom. The molecule has 6 heteroatoms. The number of aryl methyl sites for hydroxylation is 2. The van der Waals surface area contributed by atoms with Crippen molar-refractivity contribution in [2.45, 2.75) is 25.4 Å². The van der Waals surface area contributed by atoms with Gasteiger partial charge in [-0.05, 0) is 6.92 Å². The van der Waals surface area contributed by atoms with E-state index in [0.717, 1.165) is 43.1 Å². The summed E-state index contributed by atoms with van der Waals surface area (Å²) < 4.78 is 7.93. The first-order valence-electron chi connectivity index (χ1n) is 7.21. The number of hydrogen-bond donors (Lipinski definition) is 0. The third kappa shape index (κ3) is 2.40. The van der Waals surface area contributed by atoms with Crippen LogP contribution in [-0.2, 0) is 17.4 Å². The van der Waals surface area contributed by atoms with Crippen molar-refractivity contribution in [2.24, 2.45) is 7.05 Å². The highest BCUT2D eigenvalue weighted by Gasteiger charge is 2.39. The van der Waals surface area contributed by atoms with Crippen molar-refractivity contribution in [1.29, 1.82) is 0 Å². The van der Waals surface area contributed by atoms with Crippen molar-refractivity contribution < 1.29 is 4.74 Å². The first-order valence-corrected chi connectivity index (χ1v) is 7.21. The number of anilines is 1. The van der Waals surface area contributed by atoms with Gasteiger partial charge >= 0.3 is 0 Å². The fraction of sp³-hybridized carbons (Fsp3) is 0.533. The predicted octanol–water partition coefficient (Wildman–Crippen LogP) is 1.66. The van der Waals surface area contributed by atoms with E-state index in [1.165, 1.54) is 0 Å². The molecular weight excluding hydrogens is 266 g/mol. The zero-order chi connectivity index (χ0) is 14.9. The Labute approximate surface area is 124 Å². The van der Waals surface area contributed by atoms with Gasteiger partial charge in [0.15, 0.2) is 0 Å². The Morgan fingerprint density at radius 2 is 2.00 bits per heavy atom. The van der Waals surface area contributed by atoms with Gasteiger partial charge < -0.3 is 14.2 Å². The summed E-state index contributed by atoms with van der Waals surface area (Å²) in [5, 5.41) is 0. The van der Waals surface area contributed by atoms with E-state index in [2.05, 4.69) is 24.4 Å². The van der Waals surface area contributed by atoms with Gasteiger partial charge in [0.1, 0.15) is 23.6 Å². The number of methoxy groups -OCH3 is 1. The molecule has 1 aliphatic heterocycles. The quantitative estimate of drug-likeness (QED) is 0.859. The lowest BCUT2D eigenvalue weighted by molar-refractivity contribution is -0.0438. The van der Waals surface area contributed by atoms with Crippen LogP contribution in [0.25, 0.3) is 0 Å². The average Bonchev–Trinajstić information content (AvgIpc) is 2.95. The molecular formula is C15H21N5O. The van der Waals surface area contributed by atoms with E-state index in [0.29, 0.717) is 0 Å². The number of ether oxygens (including phenoxy) is 1. The highest BCUT2D eigenvalue weighted by Crippen LogP contribution is 2.36. The Bertz CT molecular complexity index is 616. The molecule has 2 aromatic heterocycles. The number of aromatic nitrogens is 4. The van der Waals surface area contributed by atoms with E-state index in [-0.39, 0.29) is 5.60 Å². The second-order valence-corrected chi connectivity index (χ2v) is 5.58. The van der Waals surface area contributed by atoms with Gasteiger partial charge in [0.05, 0.1) is 0 Å². The zero-order valence-corrected chi connectivity index (χ0v) is 12.8. The van der Waals surface area contributed by atoms with Crippen molar-refractivity contribution in [3.05, 3.63) is 36.3 Å². The molecule has 0 atom stereocenters. The molecule has 0 spiro atoms. The first kappa shape index (κ1) is 14.0. The van der Waals surface area contributed by atoms with Crippen LogP contribution in [0, 0.1) is 6.92 Å². The third-order valence-corrected chi connectivity index (χ3v) is 4.36. The molecule has 1 fully saturated rings. The van der Waals surface area contributed by atoms with Crippen molar-refractivity contribution in [3.8, 4) is 0 Å². The number of nitrogens with zero attached hydrogens (tertiary/aromatic N) is 5. The summed E-state index contributed by atoms with van der Waals surface area (Å²) in [6, 6.07) is 0. The first-order chi connectivity index (χ1) is 10.2. The number of piperidine rings is 1. The molecule has 0 saturated carbocycles. The maximum absolute atomic E-state index is 5.88. The maximum Gasteiger partial charge on any atom is 0.140 e. The predicted molar refractivity (Wildman–Crippen MR) is 80.1 cm³/mol. The van der Waals surface area contributed by atoms with Gasteiger partial charge in [-0.1, -0.05) is 0 Å². The number of rotatable bonds is 3. The second kappa shape index (κ2) is 5.44. The lowest BCUT2D eigenvalue weighted by atomic mass is 9.90. The third-order valence-electron chi connectivity index (χ3n) is 4.36. The fourth-order valence-electron chi connectivity index (χ4n) is 3.13. The fourth-order valence-corrected chi connectivity index (χ4v) is 3.13. The van der Waals surface area contributed by atoms with Gasteiger partial charge in [0.2, 0.25) is 0 Å². The highest BCUT2D eigenvalue weighted by atomic mass is 16.5. The highest BCUT2D eigenvalue weighted by molar-refractivity contribution is 5.45. The summed E-state index contributed by atoms with van der Waals surface area (Å²) in [5.41, 5.74) is 0.815. The molecule has 6 nitrogen and oxygen atoms in total. The standard InChI is InChI=1S/C15H21N5O/c1-12-10-16-11-18-13(12)20-7-4-15(21-3,5-8-20)14-17-6-9-19(14)2/h6,9-11H,4-5,7-8H2,1-3H3. The van der Waals surface area contributed by atoms with E-state index in [4.69, 9.17) is 4.74 Å². The Hall–Kier alpha value is -1.95. The second-order valence-electron chi connectivity index (χ2n) is 5.58. The summed E-state index contributed by atoms with van der Waals surface area (Å²) in [6.07, 6.45) is 9.07. The van der Waals surface area contributed by atoms with E-state index in [9.17, 15) is 0 Å². The lowest BCUT2D eigenvalue weighted by Gasteiger charge is -2.41. The summed E-state index contributed by atoms with van der Waals surface area (Å²) in [4.78, 5) is 15.3.